The van der Waals surface area contributed by atoms with E-state index in [2.05, 4.69) is 29.9 Å². The Balaban J connectivity index is 1.74. The number of nitrogens with one attached hydrogen (secondary N) is 2. The summed E-state index contributed by atoms with van der Waals surface area (Å²) in [7, 11) is 1.38. The number of hydrogen-bond acceptors (Lipinski definition) is 6. The van der Waals surface area contributed by atoms with Gasteiger partial charge in [0, 0.05) is 29.9 Å². The van der Waals surface area contributed by atoms with E-state index >= 15 is 0 Å². The Morgan fingerprint density at radius 2 is 1.88 bits per heavy atom. The van der Waals surface area contributed by atoms with Crippen molar-refractivity contribution in [3.8, 4) is 28.4 Å². The Bertz CT molecular complexity index is 1600. The summed E-state index contributed by atoms with van der Waals surface area (Å²) in [5, 5.41) is 0.867. The molecule has 33 heavy (non-hydrogen) atoms. The van der Waals surface area contributed by atoms with E-state index in [0.29, 0.717) is 49.9 Å². The van der Waals surface area contributed by atoms with Crippen LogP contribution in [0.2, 0.25) is 5.15 Å². The molecule has 0 fully saturated rings. The summed E-state index contributed by atoms with van der Waals surface area (Å²) in [4.78, 5) is 35.7. The van der Waals surface area contributed by atoms with Crippen LogP contribution in [0.1, 0.15) is 17.8 Å². The van der Waals surface area contributed by atoms with Crippen molar-refractivity contribution in [2.75, 3.05) is 7.11 Å². The molecule has 0 spiro atoms. The standard InChI is InChI=1S/C22H15ClF2N6O2/c1-9-18-14(7-17(23)28-9)29-21(31-18)11-5-10-13(30-22(11)32)3-4-26-19(10)12-8-27-15(20(24)25)6-16(12)33-2/h3-8,20H,1-2H3,(H,29,31)(H,30,32). The number of alkyl halides is 2. The summed E-state index contributed by atoms with van der Waals surface area (Å²) in [5.41, 5.74) is 2.66. The highest BCUT2D eigenvalue weighted by atomic mass is 35.5. The highest BCUT2D eigenvalue weighted by Crippen LogP contribution is 2.35. The molecule has 0 amide bonds. The molecule has 8 nitrogen and oxygen atoms in total. The van der Waals surface area contributed by atoms with Gasteiger partial charge >= 0.3 is 0 Å². The second-order valence-corrected chi connectivity index (χ2v) is 7.64. The molecule has 0 saturated heterocycles. The summed E-state index contributed by atoms with van der Waals surface area (Å²) >= 11 is 6.04. The van der Waals surface area contributed by atoms with Crippen LogP contribution >= 0.6 is 11.6 Å². The molecule has 0 saturated carbocycles. The van der Waals surface area contributed by atoms with E-state index in [-0.39, 0.29) is 16.9 Å². The lowest BCUT2D eigenvalue weighted by atomic mass is 10.1. The van der Waals surface area contributed by atoms with Crippen molar-refractivity contribution < 1.29 is 13.5 Å². The number of hydrogen-bond donors (Lipinski definition) is 2. The van der Waals surface area contributed by atoms with E-state index in [4.69, 9.17) is 16.3 Å². The number of aromatic nitrogens is 6. The Kier molecular flexibility index (Phi) is 5.01. The number of pyridine rings is 4. The maximum absolute atomic E-state index is 13.1. The highest BCUT2D eigenvalue weighted by molar-refractivity contribution is 6.30. The first-order valence-electron chi connectivity index (χ1n) is 9.73. The van der Waals surface area contributed by atoms with Crippen molar-refractivity contribution in [1.82, 2.24) is 29.9 Å². The van der Waals surface area contributed by atoms with Gasteiger partial charge in [-0.2, -0.15) is 0 Å². The lowest BCUT2D eigenvalue weighted by molar-refractivity contribution is 0.145. The van der Waals surface area contributed by atoms with Crippen LogP contribution < -0.4 is 10.3 Å². The minimum atomic E-state index is -2.74. The number of nitrogens with zero attached hydrogens (tertiary/aromatic N) is 4. The van der Waals surface area contributed by atoms with E-state index in [1.54, 1.807) is 25.1 Å². The molecule has 5 rings (SSSR count). The molecular weight excluding hydrogens is 454 g/mol. The summed E-state index contributed by atoms with van der Waals surface area (Å²) in [6.07, 6.45) is 0.0489. The van der Waals surface area contributed by atoms with Crippen molar-refractivity contribution in [2.24, 2.45) is 0 Å². The predicted octanol–water partition coefficient (Wildman–Crippen LogP) is 4.83. The third kappa shape index (κ3) is 3.58. The Labute approximate surface area is 189 Å². The van der Waals surface area contributed by atoms with E-state index < -0.39 is 12.1 Å². The molecule has 0 radical (unpaired) electrons. The van der Waals surface area contributed by atoms with Crippen LogP contribution in [0.5, 0.6) is 5.75 Å². The fourth-order valence-electron chi connectivity index (χ4n) is 3.70. The number of aryl methyl sites for hydroxylation is 1. The number of ether oxygens (including phenoxy) is 1. The maximum Gasteiger partial charge on any atom is 0.280 e. The SMILES string of the molecule is COc1cc(C(F)F)ncc1-c1nccc2[nH]c(=O)c(-c3nc4c(C)nc(Cl)cc4[nH]3)cc12. The molecule has 11 heteroatoms. The topological polar surface area (TPSA) is 109 Å². The number of halogens is 3. The third-order valence-corrected chi connectivity index (χ3v) is 5.42. The molecule has 0 bridgehead atoms. The lowest BCUT2D eigenvalue weighted by Gasteiger charge is -2.12. The minimum absolute atomic E-state index is 0.188. The van der Waals surface area contributed by atoms with Gasteiger partial charge in [0.15, 0.2) is 0 Å². The second kappa shape index (κ2) is 7.89. The molecule has 5 aromatic rings. The van der Waals surface area contributed by atoms with Gasteiger partial charge in [0.1, 0.15) is 27.9 Å². The molecule has 0 aliphatic carbocycles. The fourth-order valence-corrected chi connectivity index (χ4v) is 3.93. The van der Waals surface area contributed by atoms with Gasteiger partial charge in [-0.3, -0.25) is 14.8 Å². The number of rotatable bonds is 4. The van der Waals surface area contributed by atoms with Crippen LogP contribution in [0.4, 0.5) is 8.78 Å². The first kappa shape index (κ1) is 21.0. The van der Waals surface area contributed by atoms with E-state index in [9.17, 15) is 13.6 Å². The molecule has 0 atom stereocenters. The first-order chi connectivity index (χ1) is 15.9. The molecule has 0 aliphatic rings. The quantitative estimate of drug-likeness (QED) is 0.365. The zero-order chi connectivity index (χ0) is 23.3. The largest absolute Gasteiger partial charge is 0.496 e. The number of methoxy groups -OCH3 is 1. The average Bonchev–Trinajstić information content (AvgIpc) is 3.21. The Hall–Kier alpha value is -3.92. The number of imidazole rings is 1. The van der Waals surface area contributed by atoms with Gasteiger partial charge in [0.25, 0.3) is 12.0 Å². The highest BCUT2D eigenvalue weighted by Gasteiger charge is 2.19. The van der Waals surface area contributed by atoms with Gasteiger partial charge in [-0.1, -0.05) is 11.6 Å². The van der Waals surface area contributed by atoms with Gasteiger partial charge < -0.3 is 14.7 Å². The van der Waals surface area contributed by atoms with Gasteiger partial charge in [-0.25, -0.2) is 18.7 Å². The van der Waals surface area contributed by atoms with Crippen molar-refractivity contribution >= 4 is 33.5 Å². The minimum Gasteiger partial charge on any atom is -0.496 e. The van der Waals surface area contributed by atoms with Crippen LogP contribution in [0.25, 0.3) is 44.6 Å². The van der Waals surface area contributed by atoms with Crippen LogP contribution in [-0.4, -0.2) is 37.0 Å². The molecule has 166 valence electrons. The van der Waals surface area contributed by atoms with Crippen molar-refractivity contribution in [3.05, 3.63) is 63.6 Å². The van der Waals surface area contributed by atoms with Gasteiger partial charge in [0.05, 0.1) is 40.7 Å². The summed E-state index contributed by atoms with van der Waals surface area (Å²) in [5.74, 6) is 0.515. The third-order valence-electron chi connectivity index (χ3n) is 5.22. The molecule has 0 unspecified atom stereocenters. The van der Waals surface area contributed by atoms with Crippen LogP contribution in [0.15, 0.2) is 41.5 Å². The average molecular weight is 469 g/mol. The second-order valence-electron chi connectivity index (χ2n) is 7.26. The van der Waals surface area contributed by atoms with Crippen LogP contribution in [0, 0.1) is 6.92 Å². The number of H-pyrrole nitrogens is 2. The molecule has 2 N–H and O–H groups in total. The molecular formula is C22H15ClF2N6O2. The first-order valence-corrected chi connectivity index (χ1v) is 10.1. The summed E-state index contributed by atoms with van der Waals surface area (Å²) < 4.78 is 31.5. The molecule has 5 heterocycles. The fraction of sp³-hybridized carbons (Fsp3) is 0.136. The summed E-state index contributed by atoms with van der Waals surface area (Å²) in [6, 6.07) is 6.08. The normalized spacial score (nSPS) is 11.6. The van der Waals surface area contributed by atoms with Crippen molar-refractivity contribution in [2.45, 2.75) is 13.3 Å². The van der Waals surface area contributed by atoms with Gasteiger partial charge in [-0.05, 0) is 19.1 Å². The molecule has 0 aliphatic heterocycles. The van der Waals surface area contributed by atoms with Crippen molar-refractivity contribution in [3.63, 3.8) is 0 Å². The van der Waals surface area contributed by atoms with Gasteiger partial charge in [0.2, 0.25) is 0 Å². The zero-order valence-electron chi connectivity index (χ0n) is 17.3. The van der Waals surface area contributed by atoms with Crippen molar-refractivity contribution in [1.29, 1.82) is 0 Å². The zero-order valence-corrected chi connectivity index (χ0v) is 18.0. The number of aromatic amines is 2. The van der Waals surface area contributed by atoms with E-state index in [1.807, 2.05) is 0 Å². The molecule has 5 aromatic heterocycles. The van der Waals surface area contributed by atoms with E-state index in [1.165, 1.54) is 25.6 Å². The lowest BCUT2D eigenvalue weighted by Crippen LogP contribution is -2.10. The monoisotopic (exact) mass is 468 g/mol. The van der Waals surface area contributed by atoms with Crippen LogP contribution in [0.3, 0.4) is 0 Å². The Morgan fingerprint density at radius 1 is 1.06 bits per heavy atom. The molecule has 0 aromatic carbocycles. The van der Waals surface area contributed by atoms with Gasteiger partial charge in [-0.15, -0.1) is 0 Å². The Morgan fingerprint density at radius 3 is 2.64 bits per heavy atom. The maximum atomic E-state index is 13.1. The summed E-state index contributed by atoms with van der Waals surface area (Å²) in [6.45, 7) is 1.77. The number of fused-ring (bicyclic) bond motifs is 2. The van der Waals surface area contributed by atoms with E-state index in [0.717, 1.165) is 0 Å². The smallest absolute Gasteiger partial charge is 0.280 e. The van der Waals surface area contributed by atoms with Crippen LogP contribution in [-0.2, 0) is 0 Å². The predicted molar refractivity (Wildman–Crippen MR) is 120 cm³/mol.